The number of aromatic nitrogens is 5. The van der Waals surface area contributed by atoms with Crippen molar-refractivity contribution in [1.82, 2.24) is 25.0 Å². The van der Waals surface area contributed by atoms with E-state index in [1.54, 1.807) is 39.2 Å². The Labute approximate surface area is 182 Å². The summed E-state index contributed by atoms with van der Waals surface area (Å²) in [7, 11) is 0. The zero-order valence-corrected chi connectivity index (χ0v) is 18.8. The first kappa shape index (κ1) is 22.6. The van der Waals surface area contributed by atoms with Gasteiger partial charge in [-0.3, -0.25) is 0 Å². The van der Waals surface area contributed by atoms with Gasteiger partial charge in [0.25, 0.3) is 0 Å². The summed E-state index contributed by atoms with van der Waals surface area (Å²) in [6, 6.07) is 7.61. The highest BCUT2D eigenvalue weighted by molar-refractivity contribution is 5.68. The summed E-state index contributed by atoms with van der Waals surface area (Å²) in [5, 5.41) is 32.3. The van der Waals surface area contributed by atoms with Crippen molar-refractivity contribution >= 4 is 11.6 Å². The van der Waals surface area contributed by atoms with E-state index in [4.69, 9.17) is 4.74 Å². The Morgan fingerprint density at radius 3 is 2.58 bits per heavy atom. The number of aryl methyl sites for hydroxylation is 1. The van der Waals surface area contributed by atoms with Crippen LogP contribution in [-0.4, -0.2) is 52.5 Å². The molecule has 3 aromatic rings. The Kier molecular flexibility index (Phi) is 6.28. The molecule has 2 aromatic heterocycles. The lowest BCUT2D eigenvalue weighted by atomic mass is 9.88. The molecule has 0 aliphatic carbocycles. The molecule has 1 atom stereocenters. The SMILES string of the molecule is Cc1cc(Nc2nccc(OC(C)C)n2)cc(-c2cn(C[C@](C)(O)C(C)(C)O)nn2)c1. The number of aliphatic hydroxyl groups is 2. The van der Waals surface area contributed by atoms with E-state index in [0.717, 1.165) is 16.8 Å². The van der Waals surface area contributed by atoms with Crippen LogP contribution in [0.4, 0.5) is 11.6 Å². The second-order valence-electron chi connectivity index (χ2n) is 8.73. The summed E-state index contributed by atoms with van der Waals surface area (Å²) in [6.07, 6.45) is 3.41. The molecule has 9 nitrogen and oxygen atoms in total. The van der Waals surface area contributed by atoms with Crippen molar-refractivity contribution in [1.29, 1.82) is 0 Å². The molecule has 0 spiro atoms. The van der Waals surface area contributed by atoms with Crippen molar-refractivity contribution in [3.8, 4) is 17.1 Å². The van der Waals surface area contributed by atoms with Crippen LogP contribution in [-0.2, 0) is 6.54 Å². The smallest absolute Gasteiger partial charge is 0.230 e. The summed E-state index contributed by atoms with van der Waals surface area (Å²) >= 11 is 0. The van der Waals surface area contributed by atoms with E-state index in [1.165, 1.54) is 4.68 Å². The molecule has 0 saturated carbocycles. The van der Waals surface area contributed by atoms with Gasteiger partial charge in [-0.1, -0.05) is 5.21 Å². The molecule has 2 heterocycles. The molecule has 0 aliphatic rings. The minimum atomic E-state index is -1.36. The second-order valence-corrected chi connectivity index (χ2v) is 8.73. The fourth-order valence-electron chi connectivity index (χ4n) is 2.86. The van der Waals surface area contributed by atoms with Crippen molar-refractivity contribution in [2.45, 2.75) is 65.4 Å². The molecule has 0 radical (unpaired) electrons. The van der Waals surface area contributed by atoms with Gasteiger partial charge in [0.1, 0.15) is 11.3 Å². The first-order valence-corrected chi connectivity index (χ1v) is 10.2. The molecule has 0 unspecified atom stereocenters. The summed E-state index contributed by atoms with van der Waals surface area (Å²) < 4.78 is 7.15. The number of anilines is 2. The number of hydrogen-bond donors (Lipinski definition) is 3. The quantitative estimate of drug-likeness (QED) is 0.503. The van der Waals surface area contributed by atoms with Crippen LogP contribution in [0.25, 0.3) is 11.3 Å². The Hall–Kier alpha value is -3.04. The van der Waals surface area contributed by atoms with E-state index < -0.39 is 11.2 Å². The van der Waals surface area contributed by atoms with Crippen LogP contribution in [0, 0.1) is 6.92 Å². The van der Waals surface area contributed by atoms with Crippen molar-refractivity contribution in [2.24, 2.45) is 0 Å². The highest BCUT2D eigenvalue weighted by Gasteiger charge is 2.38. The van der Waals surface area contributed by atoms with Gasteiger partial charge in [0.05, 0.1) is 24.4 Å². The van der Waals surface area contributed by atoms with Gasteiger partial charge in [-0.25, -0.2) is 9.67 Å². The van der Waals surface area contributed by atoms with Crippen molar-refractivity contribution < 1.29 is 14.9 Å². The van der Waals surface area contributed by atoms with Gasteiger partial charge in [0.2, 0.25) is 11.8 Å². The van der Waals surface area contributed by atoms with Crippen LogP contribution < -0.4 is 10.1 Å². The first-order chi connectivity index (χ1) is 14.4. The lowest BCUT2D eigenvalue weighted by Gasteiger charge is -2.35. The third kappa shape index (κ3) is 5.77. The topological polar surface area (TPSA) is 118 Å². The molecule has 0 fully saturated rings. The summed E-state index contributed by atoms with van der Waals surface area (Å²) in [5.41, 5.74) is 0.676. The van der Waals surface area contributed by atoms with Gasteiger partial charge in [-0.2, -0.15) is 4.98 Å². The molecule has 0 amide bonds. The number of rotatable bonds is 8. The lowest BCUT2D eigenvalue weighted by molar-refractivity contribution is -0.129. The van der Waals surface area contributed by atoms with Crippen LogP contribution in [0.5, 0.6) is 5.88 Å². The lowest BCUT2D eigenvalue weighted by Crippen LogP contribution is -2.50. The normalized spacial score (nSPS) is 13.8. The molecule has 3 N–H and O–H groups in total. The van der Waals surface area contributed by atoms with Crippen molar-refractivity contribution in [2.75, 3.05) is 5.32 Å². The molecule has 9 heteroatoms. The van der Waals surface area contributed by atoms with E-state index in [-0.39, 0.29) is 12.6 Å². The Morgan fingerprint density at radius 2 is 1.90 bits per heavy atom. The zero-order valence-electron chi connectivity index (χ0n) is 18.8. The average Bonchev–Trinajstić information content (AvgIpc) is 3.08. The zero-order chi connectivity index (χ0) is 22.8. The third-order valence-electron chi connectivity index (χ3n) is 4.94. The molecular formula is C22H30N6O3. The highest BCUT2D eigenvalue weighted by atomic mass is 16.5. The van der Waals surface area contributed by atoms with Crippen LogP contribution in [0.15, 0.2) is 36.7 Å². The molecule has 0 aliphatic heterocycles. The van der Waals surface area contributed by atoms with Gasteiger partial charge >= 0.3 is 0 Å². The molecular weight excluding hydrogens is 396 g/mol. The van der Waals surface area contributed by atoms with Crippen LogP contribution >= 0.6 is 0 Å². The van der Waals surface area contributed by atoms with Gasteiger partial charge in [0.15, 0.2) is 0 Å². The fraction of sp³-hybridized carbons (Fsp3) is 0.455. The van der Waals surface area contributed by atoms with E-state index in [9.17, 15) is 10.2 Å². The van der Waals surface area contributed by atoms with Gasteiger partial charge in [-0.15, -0.1) is 5.10 Å². The summed E-state index contributed by atoms with van der Waals surface area (Å²) in [5.74, 6) is 0.932. The monoisotopic (exact) mass is 426 g/mol. The number of ether oxygens (including phenoxy) is 1. The molecule has 31 heavy (non-hydrogen) atoms. The molecule has 3 rings (SSSR count). The minimum absolute atomic E-state index is 0.0214. The highest BCUT2D eigenvalue weighted by Crippen LogP contribution is 2.27. The molecule has 0 saturated heterocycles. The van der Waals surface area contributed by atoms with E-state index in [1.807, 2.05) is 39.0 Å². The Morgan fingerprint density at radius 1 is 1.16 bits per heavy atom. The van der Waals surface area contributed by atoms with Crippen molar-refractivity contribution in [3.05, 3.63) is 42.2 Å². The first-order valence-electron chi connectivity index (χ1n) is 10.2. The number of hydrogen-bond acceptors (Lipinski definition) is 8. The standard InChI is InChI=1S/C22H30N6O3/c1-14(2)31-19-7-8-23-20(25-19)24-17-10-15(3)9-16(11-17)18-12-28(27-26-18)13-22(6,30)21(4,5)29/h7-12,14,29-30H,13H2,1-6H3,(H,23,24,25)/t22-/m0/s1. The van der Waals surface area contributed by atoms with E-state index in [0.29, 0.717) is 17.5 Å². The second kappa shape index (κ2) is 8.60. The maximum Gasteiger partial charge on any atom is 0.230 e. The van der Waals surface area contributed by atoms with Gasteiger partial charge in [0, 0.05) is 23.5 Å². The molecule has 166 valence electrons. The third-order valence-corrected chi connectivity index (χ3v) is 4.94. The summed E-state index contributed by atoms with van der Waals surface area (Å²) in [4.78, 5) is 8.64. The Bertz CT molecular complexity index is 1040. The maximum atomic E-state index is 10.5. The fourth-order valence-corrected chi connectivity index (χ4v) is 2.86. The largest absolute Gasteiger partial charge is 0.475 e. The van der Waals surface area contributed by atoms with Gasteiger partial charge in [-0.05, 0) is 65.3 Å². The number of nitrogens with one attached hydrogen (secondary N) is 1. The predicted molar refractivity (Wildman–Crippen MR) is 118 cm³/mol. The minimum Gasteiger partial charge on any atom is -0.475 e. The maximum absolute atomic E-state index is 10.5. The van der Waals surface area contributed by atoms with Crippen molar-refractivity contribution in [3.63, 3.8) is 0 Å². The van der Waals surface area contributed by atoms with Crippen LogP contribution in [0.3, 0.4) is 0 Å². The molecule has 0 bridgehead atoms. The number of benzene rings is 1. The van der Waals surface area contributed by atoms with E-state index in [2.05, 4.69) is 25.6 Å². The Balaban J connectivity index is 1.82. The number of nitrogens with zero attached hydrogens (tertiary/aromatic N) is 5. The predicted octanol–water partition coefficient (Wildman–Crippen LogP) is 3.10. The average molecular weight is 427 g/mol. The van der Waals surface area contributed by atoms with Gasteiger partial charge < -0.3 is 20.3 Å². The van der Waals surface area contributed by atoms with Crippen LogP contribution in [0.2, 0.25) is 0 Å². The summed E-state index contributed by atoms with van der Waals surface area (Å²) in [6.45, 7) is 10.7. The molecule has 1 aromatic carbocycles. The van der Waals surface area contributed by atoms with E-state index >= 15 is 0 Å². The van der Waals surface area contributed by atoms with Crippen LogP contribution in [0.1, 0.15) is 40.2 Å².